The number of aliphatic hydroxyl groups excluding tert-OH is 1. The minimum atomic E-state index is -0.593. The van der Waals surface area contributed by atoms with Crippen LogP contribution in [0.2, 0.25) is 0 Å². The largest absolute Gasteiger partial charge is 0.494 e. The predicted molar refractivity (Wildman–Crippen MR) is 104 cm³/mol. The van der Waals surface area contributed by atoms with Crippen LogP contribution in [0.3, 0.4) is 0 Å². The van der Waals surface area contributed by atoms with Crippen LogP contribution < -0.4 is 20.7 Å². The highest BCUT2D eigenvalue weighted by molar-refractivity contribution is 5.75. The van der Waals surface area contributed by atoms with E-state index in [0.717, 1.165) is 11.4 Å². The van der Waals surface area contributed by atoms with Crippen LogP contribution in [0.25, 0.3) is 5.57 Å². The van der Waals surface area contributed by atoms with Crippen molar-refractivity contribution in [1.29, 1.82) is 0 Å². The van der Waals surface area contributed by atoms with Gasteiger partial charge in [-0.25, -0.2) is 14.4 Å². The molecule has 1 atom stereocenters. The summed E-state index contributed by atoms with van der Waals surface area (Å²) in [6.45, 7) is 2.87. The zero-order chi connectivity index (χ0) is 19.4. The van der Waals surface area contributed by atoms with Gasteiger partial charge in [0.05, 0.1) is 25.0 Å². The maximum Gasteiger partial charge on any atom is 0.177 e. The first-order chi connectivity index (χ1) is 13.0. The Morgan fingerprint density at radius 1 is 1.37 bits per heavy atom. The molecule has 8 heteroatoms. The molecule has 3 heterocycles. The van der Waals surface area contributed by atoms with Crippen molar-refractivity contribution in [3.8, 4) is 5.75 Å². The lowest BCUT2D eigenvalue weighted by Gasteiger charge is -2.17. The summed E-state index contributed by atoms with van der Waals surface area (Å²) in [7, 11) is 3.28. The van der Waals surface area contributed by atoms with Crippen molar-refractivity contribution < 1.29 is 14.2 Å². The maximum absolute atomic E-state index is 15.3. The van der Waals surface area contributed by atoms with Crippen LogP contribution in [0.15, 0.2) is 24.4 Å². The zero-order valence-corrected chi connectivity index (χ0v) is 15.6. The van der Waals surface area contributed by atoms with Gasteiger partial charge in [0.25, 0.3) is 0 Å². The quantitative estimate of drug-likeness (QED) is 0.640. The summed E-state index contributed by atoms with van der Waals surface area (Å²) < 4.78 is 20.7. The molecule has 0 radical (unpaired) electrons. The van der Waals surface area contributed by atoms with Crippen LogP contribution in [0.1, 0.15) is 17.7 Å². The summed E-state index contributed by atoms with van der Waals surface area (Å²) in [5.41, 5.74) is 2.64. The van der Waals surface area contributed by atoms with E-state index >= 15 is 4.39 Å². The summed E-state index contributed by atoms with van der Waals surface area (Å²) in [5.74, 6) is 0.326. The molecule has 1 aliphatic rings. The molecular weight excluding hydrogens is 349 g/mol. The first-order valence-corrected chi connectivity index (χ1v) is 8.76. The van der Waals surface area contributed by atoms with Crippen molar-refractivity contribution >= 4 is 22.9 Å². The molecule has 144 valence electrons. The van der Waals surface area contributed by atoms with Crippen LogP contribution in [0.5, 0.6) is 5.75 Å². The van der Waals surface area contributed by atoms with Crippen molar-refractivity contribution in [2.75, 3.05) is 37.9 Å². The zero-order valence-electron chi connectivity index (χ0n) is 15.6. The van der Waals surface area contributed by atoms with E-state index in [-0.39, 0.29) is 5.82 Å². The minimum Gasteiger partial charge on any atom is -0.494 e. The van der Waals surface area contributed by atoms with E-state index in [0.29, 0.717) is 42.2 Å². The number of ether oxygens (including phenoxy) is 1. The number of nitrogens with one attached hydrogen (secondary N) is 3. The van der Waals surface area contributed by atoms with E-state index < -0.39 is 11.9 Å². The normalized spacial score (nSPS) is 17.1. The predicted octanol–water partition coefficient (Wildman–Crippen LogP) is 2.46. The van der Waals surface area contributed by atoms with Gasteiger partial charge in [0.15, 0.2) is 11.6 Å². The molecule has 0 aromatic carbocycles. The fourth-order valence-corrected chi connectivity index (χ4v) is 3.07. The molecule has 4 N–H and O–H groups in total. The van der Waals surface area contributed by atoms with E-state index in [9.17, 15) is 5.11 Å². The average molecular weight is 373 g/mol. The van der Waals surface area contributed by atoms with Crippen molar-refractivity contribution in [1.82, 2.24) is 15.3 Å². The molecule has 2 aromatic rings. The van der Waals surface area contributed by atoms with Crippen molar-refractivity contribution in [2.24, 2.45) is 0 Å². The third-order valence-electron chi connectivity index (χ3n) is 4.34. The number of methoxy groups -OCH3 is 1. The second kappa shape index (κ2) is 8.32. The van der Waals surface area contributed by atoms with Crippen molar-refractivity contribution in [3.05, 3.63) is 41.5 Å². The van der Waals surface area contributed by atoms with Gasteiger partial charge in [0, 0.05) is 44.0 Å². The fraction of sp³-hybridized carbons (Fsp3) is 0.368. The molecule has 1 aliphatic heterocycles. The molecule has 0 saturated carbocycles. The number of hydrogen-bond donors (Lipinski definition) is 4. The standard InChI is InChI=1S/C19H24FN5O2/c1-11-6-13(21-2)8-16(24-11)25-19-18(20)17(15(27-3)10-23-19)12-4-5-22-9-14(26)7-12/h4,6,8,10,14,22,26H,5,7,9H2,1-3H3,(H2,21,23,24,25)/t14-/m0/s1. The Bertz CT molecular complexity index is 856. The molecule has 27 heavy (non-hydrogen) atoms. The fourth-order valence-electron chi connectivity index (χ4n) is 3.07. The van der Waals surface area contributed by atoms with Gasteiger partial charge in [-0.3, -0.25) is 0 Å². The first kappa shape index (κ1) is 19.1. The summed E-state index contributed by atoms with van der Waals surface area (Å²) in [4.78, 5) is 8.53. The van der Waals surface area contributed by atoms with Crippen LogP contribution in [-0.2, 0) is 0 Å². The number of aryl methyl sites for hydroxylation is 1. The van der Waals surface area contributed by atoms with Gasteiger partial charge in [0.1, 0.15) is 11.6 Å². The van der Waals surface area contributed by atoms with E-state index in [1.807, 2.05) is 19.1 Å². The molecule has 0 unspecified atom stereocenters. The number of aliphatic hydroxyl groups is 1. The van der Waals surface area contributed by atoms with Crippen LogP contribution in [0, 0.1) is 12.7 Å². The van der Waals surface area contributed by atoms with Gasteiger partial charge < -0.3 is 25.8 Å². The van der Waals surface area contributed by atoms with Gasteiger partial charge in [-0.1, -0.05) is 6.08 Å². The molecule has 0 aliphatic carbocycles. The van der Waals surface area contributed by atoms with E-state index in [1.54, 1.807) is 13.1 Å². The van der Waals surface area contributed by atoms with Crippen LogP contribution in [0.4, 0.5) is 21.7 Å². The highest BCUT2D eigenvalue weighted by atomic mass is 19.1. The number of pyridine rings is 2. The number of β-amino-alcohol motifs (C(OH)–C–C–N with tert-alkyl or cyclic N) is 1. The van der Waals surface area contributed by atoms with Crippen molar-refractivity contribution in [3.63, 3.8) is 0 Å². The Hall–Kier alpha value is -2.71. The molecule has 0 fully saturated rings. The summed E-state index contributed by atoms with van der Waals surface area (Å²) in [6, 6.07) is 3.66. The molecule has 7 nitrogen and oxygen atoms in total. The lowest BCUT2D eigenvalue weighted by atomic mass is 9.99. The third-order valence-corrected chi connectivity index (χ3v) is 4.34. The molecule has 3 rings (SSSR count). The number of hydrogen-bond acceptors (Lipinski definition) is 7. The van der Waals surface area contributed by atoms with Gasteiger partial charge in [-0.05, 0) is 18.6 Å². The smallest absolute Gasteiger partial charge is 0.177 e. The number of anilines is 3. The van der Waals surface area contributed by atoms with Crippen LogP contribution >= 0.6 is 0 Å². The first-order valence-electron chi connectivity index (χ1n) is 8.76. The lowest BCUT2D eigenvalue weighted by Crippen LogP contribution is -2.24. The molecule has 0 amide bonds. The molecule has 0 bridgehead atoms. The number of halogens is 1. The molecule has 2 aromatic heterocycles. The molecular formula is C19H24FN5O2. The average Bonchev–Trinajstić information content (AvgIpc) is 2.86. The summed E-state index contributed by atoms with van der Waals surface area (Å²) >= 11 is 0. The Kier molecular flexibility index (Phi) is 5.88. The second-order valence-corrected chi connectivity index (χ2v) is 6.37. The Labute approximate surface area is 157 Å². The number of rotatable bonds is 5. The molecule has 0 spiro atoms. The van der Waals surface area contributed by atoms with E-state index in [1.165, 1.54) is 13.3 Å². The minimum absolute atomic E-state index is 0.0542. The van der Waals surface area contributed by atoms with Gasteiger partial charge in [-0.15, -0.1) is 0 Å². The third kappa shape index (κ3) is 4.35. The summed E-state index contributed by atoms with van der Waals surface area (Å²) in [6.07, 6.45) is 3.08. The topological polar surface area (TPSA) is 91.3 Å². The van der Waals surface area contributed by atoms with Crippen molar-refractivity contribution in [2.45, 2.75) is 19.4 Å². The monoisotopic (exact) mass is 373 g/mol. The number of aromatic nitrogens is 2. The second-order valence-electron chi connectivity index (χ2n) is 6.37. The Morgan fingerprint density at radius 3 is 2.93 bits per heavy atom. The SMILES string of the molecule is CNc1cc(C)nc(Nc2ncc(OC)c(C3=CCNC[C@@H](O)C3)c2F)c1. The van der Waals surface area contributed by atoms with Crippen LogP contribution in [-0.4, -0.2) is 48.4 Å². The highest BCUT2D eigenvalue weighted by Gasteiger charge is 2.22. The van der Waals surface area contributed by atoms with Gasteiger partial charge in [-0.2, -0.15) is 0 Å². The van der Waals surface area contributed by atoms with Gasteiger partial charge >= 0.3 is 0 Å². The Balaban J connectivity index is 2.01. The molecule has 0 saturated heterocycles. The maximum atomic E-state index is 15.3. The van der Waals surface area contributed by atoms with E-state index in [2.05, 4.69) is 25.9 Å². The summed E-state index contributed by atoms with van der Waals surface area (Å²) in [5, 5.41) is 19.1. The lowest BCUT2D eigenvalue weighted by molar-refractivity contribution is 0.180. The number of nitrogens with zero attached hydrogens (tertiary/aromatic N) is 2. The highest BCUT2D eigenvalue weighted by Crippen LogP contribution is 2.35. The van der Waals surface area contributed by atoms with E-state index in [4.69, 9.17) is 4.74 Å². The van der Waals surface area contributed by atoms with Gasteiger partial charge in [0.2, 0.25) is 0 Å². The Morgan fingerprint density at radius 2 is 2.19 bits per heavy atom.